The Morgan fingerprint density at radius 1 is 1.36 bits per heavy atom. The number of ketones is 1. The zero-order valence-electron chi connectivity index (χ0n) is 8.65. The number of Topliss-reactive ketones (excluding diaryl/α,β-unsaturated/α-hetero) is 1. The Hall–Kier alpha value is -0.860. The molecule has 0 aliphatic heterocycles. The van der Waals surface area contributed by atoms with Gasteiger partial charge in [0, 0.05) is 10.6 Å². The van der Waals surface area contributed by atoms with Gasteiger partial charge in [0.1, 0.15) is 0 Å². The lowest BCUT2D eigenvalue weighted by Crippen LogP contribution is -2.16. The average Bonchev–Trinajstić information content (AvgIpc) is 2.14. The molecule has 2 N–H and O–H groups in total. The van der Waals surface area contributed by atoms with Gasteiger partial charge in [-0.1, -0.05) is 17.7 Å². The van der Waals surface area contributed by atoms with Crippen LogP contribution in [-0.4, -0.2) is 12.3 Å². The summed E-state index contributed by atoms with van der Waals surface area (Å²) in [5, 5.41) is 0.660. The number of aryl methyl sites for hydroxylation is 2. The molecule has 0 aromatic heterocycles. The van der Waals surface area contributed by atoms with Crippen LogP contribution in [0.1, 0.15) is 27.0 Å². The molecule has 14 heavy (non-hydrogen) atoms. The number of halogens is 1. The lowest BCUT2D eigenvalue weighted by Gasteiger charge is -2.11. The summed E-state index contributed by atoms with van der Waals surface area (Å²) in [6.45, 7) is 5.71. The lowest BCUT2D eigenvalue weighted by molar-refractivity contribution is 0.1000. The lowest BCUT2D eigenvalue weighted by atomic mass is 9.96. The summed E-state index contributed by atoms with van der Waals surface area (Å²) in [5.74, 6) is -0.0538. The second-order valence-electron chi connectivity index (χ2n) is 3.45. The number of carbonyl (C=O) groups excluding carboxylic acids is 1. The van der Waals surface area contributed by atoms with Crippen molar-refractivity contribution in [1.29, 1.82) is 0 Å². The summed E-state index contributed by atoms with van der Waals surface area (Å²) < 4.78 is 0. The van der Waals surface area contributed by atoms with Crippen LogP contribution in [0, 0.1) is 20.8 Å². The molecule has 0 atom stereocenters. The highest BCUT2D eigenvalue weighted by Gasteiger charge is 2.14. The Morgan fingerprint density at radius 3 is 2.43 bits per heavy atom. The van der Waals surface area contributed by atoms with Gasteiger partial charge in [-0.05, 0) is 37.5 Å². The maximum atomic E-state index is 11.5. The van der Waals surface area contributed by atoms with Crippen molar-refractivity contribution in [2.75, 3.05) is 6.54 Å². The standard InChI is InChI=1S/C11H14ClNO/c1-6-4-7(2)11(12)8(3)10(6)9(14)5-13/h4H,5,13H2,1-3H3. The van der Waals surface area contributed by atoms with Crippen LogP contribution in [0.25, 0.3) is 0 Å². The van der Waals surface area contributed by atoms with Crippen LogP contribution in [0.5, 0.6) is 0 Å². The minimum absolute atomic E-state index is 0.0288. The average molecular weight is 212 g/mol. The first-order chi connectivity index (χ1) is 6.49. The molecule has 0 heterocycles. The molecule has 0 spiro atoms. The fourth-order valence-corrected chi connectivity index (χ4v) is 1.84. The van der Waals surface area contributed by atoms with Crippen LogP contribution in [0.4, 0.5) is 0 Å². The molecule has 0 radical (unpaired) electrons. The van der Waals surface area contributed by atoms with Gasteiger partial charge in [-0.25, -0.2) is 0 Å². The second kappa shape index (κ2) is 4.11. The maximum Gasteiger partial charge on any atom is 0.176 e. The molecular weight excluding hydrogens is 198 g/mol. The van der Waals surface area contributed by atoms with E-state index in [0.717, 1.165) is 16.7 Å². The summed E-state index contributed by atoms with van der Waals surface area (Å²) in [5.41, 5.74) is 8.78. The molecule has 0 amide bonds. The minimum atomic E-state index is -0.0538. The van der Waals surface area contributed by atoms with E-state index in [2.05, 4.69) is 0 Å². The highest BCUT2D eigenvalue weighted by molar-refractivity contribution is 6.32. The topological polar surface area (TPSA) is 43.1 Å². The van der Waals surface area contributed by atoms with Crippen LogP contribution < -0.4 is 5.73 Å². The molecule has 0 aliphatic rings. The van der Waals surface area contributed by atoms with Crippen LogP contribution in [0.3, 0.4) is 0 Å². The largest absolute Gasteiger partial charge is 0.324 e. The third kappa shape index (κ3) is 1.81. The van der Waals surface area contributed by atoms with E-state index in [4.69, 9.17) is 17.3 Å². The van der Waals surface area contributed by atoms with E-state index >= 15 is 0 Å². The zero-order valence-corrected chi connectivity index (χ0v) is 9.40. The smallest absolute Gasteiger partial charge is 0.176 e. The zero-order chi connectivity index (χ0) is 10.9. The number of rotatable bonds is 2. The van der Waals surface area contributed by atoms with E-state index < -0.39 is 0 Å². The van der Waals surface area contributed by atoms with Crippen molar-refractivity contribution < 1.29 is 4.79 Å². The van der Waals surface area contributed by atoms with E-state index in [1.54, 1.807) is 0 Å². The van der Waals surface area contributed by atoms with Crippen LogP contribution in [-0.2, 0) is 0 Å². The molecule has 1 aromatic carbocycles. The molecule has 76 valence electrons. The molecule has 0 bridgehead atoms. The molecule has 0 saturated heterocycles. The number of carbonyl (C=O) groups is 1. The summed E-state index contributed by atoms with van der Waals surface area (Å²) in [7, 11) is 0. The first-order valence-corrected chi connectivity index (χ1v) is 4.86. The molecule has 0 fully saturated rings. The molecule has 0 aliphatic carbocycles. The van der Waals surface area contributed by atoms with Crippen molar-refractivity contribution in [3.8, 4) is 0 Å². The molecule has 0 saturated carbocycles. The van der Waals surface area contributed by atoms with Gasteiger partial charge in [-0.3, -0.25) is 4.79 Å². The Morgan fingerprint density at radius 2 is 1.93 bits per heavy atom. The predicted octanol–water partition coefficient (Wildman–Crippen LogP) is 2.41. The van der Waals surface area contributed by atoms with Crippen LogP contribution in [0.2, 0.25) is 5.02 Å². The molecule has 1 rings (SSSR count). The first kappa shape index (κ1) is 11.2. The molecule has 3 heteroatoms. The molecule has 2 nitrogen and oxygen atoms in total. The SMILES string of the molecule is Cc1cc(C)c(C(=O)CN)c(C)c1Cl. The summed E-state index contributed by atoms with van der Waals surface area (Å²) in [4.78, 5) is 11.5. The van der Waals surface area contributed by atoms with E-state index in [-0.39, 0.29) is 12.3 Å². The van der Waals surface area contributed by atoms with Crippen molar-refractivity contribution in [3.05, 3.63) is 33.3 Å². The maximum absolute atomic E-state index is 11.5. The van der Waals surface area contributed by atoms with Crippen molar-refractivity contribution in [2.24, 2.45) is 5.73 Å². The Bertz CT molecular complexity index is 385. The van der Waals surface area contributed by atoms with Gasteiger partial charge in [-0.15, -0.1) is 0 Å². The number of hydrogen-bond acceptors (Lipinski definition) is 2. The van der Waals surface area contributed by atoms with Gasteiger partial charge in [0.05, 0.1) is 6.54 Å². The van der Waals surface area contributed by atoms with Crippen LogP contribution in [0.15, 0.2) is 6.07 Å². The Kier molecular flexibility index (Phi) is 3.29. The highest BCUT2D eigenvalue weighted by atomic mass is 35.5. The van der Waals surface area contributed by atoms with Crippen LogP contribution >= 0.6 is 11.6 Å². The summed E-state index contributed by atoms with van der Waals surface area (Å²) >= 11 is 6.06. The fourth-order valence-electron chi connectivity index (χ4n) is 1.69. The van der Waals surface area contributed by atoms with Gasteiger partial charge in [-0.2, -0.15) is 0 Å². The summed E-state index contributed by atoms with van der Waals surface area (Å²) in [6.07, 6.45) is 0. The third-order valence-electron chi connectivity index (χ3n) is 2.34. The van der Waals surface area contributed by atoms with Gasteiger partial charge in [0.2, 0.25) is 0 Å². The monoisotopic (exact) mass is 211 g/mol. The second-order valence-corrected chi connectivity index (χ2v) is 3.83. The normalized spacial score (nSPS) is 10.4. The van der Waals surface area contributed by atoms with E-state index in [9.17, 15) is 4.79 Å². The van der Waals surface area contributed by atoms with Crippen molar-refractivity contribution in [2.45, 2.75) is 20.8 Å². The minimum Gasteiger partial charge on any atom is -0.324 e. The quantitative estimate of drug-likeness (QED) is 0.764. The van der Waals surface area contributed by atoms with Crippen molar-refractivity contribution >= 4 is 17.4 Å². The van der Waals surface area contributed by atoms with Crippen molar-refractivity contribution in [1.82, 2.24) is 0 Å². The summed E-state index contributed by atoms with van der Waals surface area (Å²) in [6, 6.07) is 1.91. The van der Waals surface area contributed by atoms with E-state index in [1.165, 1.54) is 0 Å². The highest BCUT2D eigenvalue weighted by Crippen LogP contribution is 2.26. The van der Waals surface area contributed by atoms with E-state index in [1.807, 2.05) is 26.8 Å². The van der Waals surface area contributed by atoms with E-state index in [0.29, 0.717) is 10.6 Å². The number of benzene rings is 1. The van der Waals surface area contributed by atoms with Gasteiger partial charge >= 0.3 is 0 Å². The van der Waals surface area contributed by atoms with Gasteiger partial charge < -0.3 is 5.73 Å². The van der Waals surface area contributed by atoms with Gasteiger partial charge in [0.15, 0.2) is 5.78 Å². The molecular formula is C11H14ClNO. The predicted molar refractivity (Wildman–Crippen MR) is 59.0 cm³/mol. The molecule has 0 unspecified atom stereocenters. The Labute approximate surface area is 89.1 Å². The number of hydrogen-bond donors (Lipinski definition) is 1. The third-order valence-corrected chi connectivity index (χ3v) is 2.92. The Balaban J connectivity index is 3.44. The van der Waals surface area contributed by atoms with Gasteiger partial charge in [0.25, 0.3) is 0 Å². The number of nitrogens with two attached hydrogens (primary N) is 1. The molecule has 1 aromatic rings. The fraction of sp³-hybridized carbons (Fsp3) is 0.364. The van der Waals surface area contributed by atoms with Crippen molar-refractivity contribution in [3.63, 3.8) is 0 Å². The first-order valence-electron chi connectivity index (χ1n) is 4.48.